The van der Waals surface area contributed by atoms with Crippen LogP contribution in [-0.2, 0) is 25.5 Å². The molecule has 5 nitrogen and oxygen atoms in total. The first-order chi connectivity index (χ1) is 12.2. The minimum absolute atomic E-state index is 0.175. The van der Waals surface area contributed by atoms with Gasteiger partial charge in [0.25, 0.3) is 0 Å². The first kappa shape index (κ1) is 20.6. The van der Waals surface area contributed by atoms with E-state index in [2.05, 4.69) is 17.4 Å². The van der Waals surface area contributed by atoms with Crippen LogP contribution in [0.2, 0.25) is 0 Å². The topological polar surface area (TPSA) is 64.6 Å². The largest absolute Gasteiger partial charge is 0.353 e. The Morgan fingerprint density at radius 1 is 1.12 bits per heavy atom. The predicted octanol–water partition coefficient (Wildman–Crippen LogP) is 3.26. The Bertz CT molecular complexity index is 610. The highest BCUT2D eigenvalue weighted by atomic mass is 16.7. The summed E-state index contributed by atoms with van der Waals surface area (Å²) in [5, 5.41) is 2.84. The van der Waals surface area contributed by atoms with Gasteiger partial charge in [0.2, 0.25) is 5.91 Å². The van der Waals surface area contributed by atoms with E-state index in [-0.39, 0.29) is 11.7 Å². The van der Waals surface area contributed by atoms with Gasteiger partial charge in [-0.05, 0) is 32.3 Å². The Labute approximate surface area is 156 Å². The summed E-state index contributed by atoms with van der Waals surface area (Å²) in [5.41, 5.74) is 0.842. The summed E-state index contributed by atoms with van der Waals surface area (Å²) in [4.78, 5) is 24.5. The summed E-state index contributed by atoms with van der Waals surface area (Å²) in [6.45, 7) is 8.30. The van der Waals surface area contributed by atoms with Gasteiger partial charge in [-0.2, -0.15) is 0 Å². The SMILES string of the molecule is CC1(C)OCC(C)(C)[C@H](C(=O)NCCC(=O)CCCc2ccccc2)O1. The van der Waals surface area contributed by atoms with E-state index in [0.717, 1.165) is 12.8 Å². The van der Waals surface area contributed by atoms with E-state index in [4.69, 9.17) is 9.47 Å². The van der Waals surface area contributed by atoms with Crippen LogP contribution in [0.3, 0.4) is 0 Å². The molecule has 0 bridgehead atoms. The molecule has 0 aliphatic carbocycles. The van der Waals surface area contributed by atoms with Gasteiger partial charge in [-0.3, -0.25) is 9.59 Å². The fraction of sp³-hybridized carbons (Fsp3) is 0.619. The van der Waals surface area contributed by atoms with Crippen LogP contribution in [0, 0.1) is 5.41 Å². The molecule has 1 heterocycles. The zero-order valence-corrected chi connectivity index (χ0v) is 16.3. The van der Waals surface area contributed by atoms with Crippen molar-refractivity contribution in [3.63, 3.8) is 0 Å². The molecule has 0 saturated carbocycles. The molecule has 1 amide bonds. The first-order valence-corrected chi connectivity index (χ1v) is 9.35. The van der Waals surface area contributed by atoms with Crippen LogP contribution in [0.4, 0.5) is 0 Å². The summed E-state index contributed by atoms with van der Waals surface area (Å²) in [7, 11) is 0. The van der Waals surface area contributed by atoms with Crippen molar-refractivity contribution in [1.29, 1.82) is 0 Å². The Morgan fingerprint density at radius 3 is 2.50 bits per heavy atom. The maximum Gasteiger partial charge on any atom is 0.249 e. The highest BCUT2D eigenvalue weighted by Gasteiger charge is 2.45. The van der Waals surface area contributed by atoms with E-state index < -0.39 is 17.3 Å². The molecule has 1 atom stereocenters. The van der Waals surface area contributed by atoms with Crippen molar-refractivity contribution in [2.24, 2.45) is 5.41 Å². The Balaban J connectivity index is 1.69. The van der Waals surface area contributed by atoms with E-state index in [1.54, 1.807) is 13.8 Å². The summed E-state index contributed by atoms with van der Waals surface area (Å²) in [6.07, 6.45) is 2.04. The lowest BCUT2D eigenvalue weighted by molar-refractivity contribution is -0.304. The van der Waals surface area contributed by atoms with Gasteiger partial charge in [0, 0.05) is 24.8 Å². The molecule has 1 aromatic rings. The van der Waals surface area contributed by atoms with Gasteiger partial charge in [-0.1, -0.05) is 44.2 Å². The maximum absolute atomic E-state index is 12.5. The molecule has 1 fully saturated rings. The molecule has 0 aromatic heterocycles. The van der Waals surface area contributed by atoms with Gasteiger partial charge in [-0.25, -0.2) is 0 Å². The molecule has 0 spiro atoms. The van der Waals surface area contributed by atoms with Crippen molar-refractivity contribution < 1.29 is 19.1 Å². The number of hydrogen-bond donors (Lipinski definition) is 1. The van der Waals surface area contributed by atoms with Gasteiger partial charge < -0.3 is 14.8 Å². The van der Waals surface area contributed by atoms with Gasteiger partial charge >= 0.3 is 0 Å². The van der Waals surface area contributed by atoms with Crippen molar-refractivity contribution in [1.82, 2.24) is 5.32 Å². The van der Waals surface area contributed by atoms with Crippen molar-refractivity contribution in [2.45, 2.75) is 65.3 Å². The quantitative estimate of drug-likeness (QED) is 0.772. The van der Waals surface area contributed by atoms with Crippen LogP contribution >= 0.6 is 0 Å². The number of amides is 1. The molecule has 1 aromatic carbocycles. The predicted molar refractivity (Wildman–Crippen MR) is 101 cm³/mol. The number of carbonyl (C=O) groups excluding carboxylic acids is 2. The van der Waals surface area contributed by atoms with E-state index in [1.807, 2.05) is 32.0 Å². The number of aryl methyl sites for hydroxylation is 1. The van der Waals surface area contributed by atoms with E-state index in [0.29, 0.717) is 26.0 Å². The summed E-state index contributed by atoms with van der Waals surface area (Å²) in [6, 6.07) is 10.1. The number of ether oxygens (including phenoxy) is 2. The molecule has 1 aliphatic rings. The van der Waals surface area contributed by atoms with Crippen molar-refractivity contribution in [3.05, 3.63) is 35.9 Å². The third-order valence-electron chi connectivity index (χ3n) is 4.61. The van der Waals surface area contributed by atoms with Gasteiger partial charge in [0.05, 0.1) is 6.61 Å². The maximum atomic E-state index is 12.5. The molecule has 0 unspecified atom stereocenters. The Morgan fingerprint density at radius 2 is 1.81 bits per heavy atom. The van der Waals surface area contributed by atoms with Crippen LogP contribution in [0.5, 0.6) is 0 Å². The fourth-order valence-corrected chi connectivity index (χ4v) is 3.00. The Kier molecular flexibility index (Phi) is 6.95. The molecular weight excluding hydrogens is 330 g/mol. The van der Waals surface area contributed by atoms with Gasteiger partial charge in [0.1, 0.15) is 11.9 Å². The fourth-order valence-electron chi connectivity index (χ4n) is 3.00. The van der Waals surface area contributed by atoms with E-state index >= 15 is 0 Å². The Hall–Kier alpha value is -1.72. The average molecular weight is 361 g/mol. The first-order valence-electron chi connectivity index (χ1n) is 9.35. The number of ketones is 1. The lowest BCUT2D eigenvalue weighted by Gasteiger charge is -2.44. The second-order valence-electron chi connectivity index (χ2n) is 8.09. The van der Waals surface area contributed by atoms with Crippen molar-refractivity contribution in [3.8, 4) is 0 Å². The second-order valence-corrected chi connectivity index (χ2v) is 8.09. The highest BCUT2D eigenvalue weighted by molar-refractivity contribution is 5.83. The summed E-state index contributed by atoms with van der Waals surface area (Å²) >= 11 is 0. The molecule has 2 rings (SSSR count). The summed E-state index contributed by atoms with van der Waals surface area (Å²) in [5.74, 6) is -0.776. The average Bonchev–Trinajstić information content (AvgIpc) is 2.58. The minimum atomic E-state index is -0.773. The van der Waals surface area contributed by atoms with Crippen LogP contribution < -0.4 is 5.32 Å². The standard InChI is InChI=1S/C21H31NO4/c1-20(2)15-25-21(3,4)26-18(20)19(24)22-14-13-17(23)12-8-11-16-9-6-5-7-10-16/h5-7,9-10,18H,8,11-15H2,1-4H3,(H,22,24)/t18-/m0/s1. The van der Waals surface area contributed by atoms with E-state index in [1.165, 1.54) is 5.56 Å². The molecule has 144 valence electrons. The van der Waals surface area contributed by atoms with Crippen LogP contribution in [0.25, 0.3) is 0 Å². The van der Waals surface area contributed by atoms with E-state index in [9.17, 15) is 9.59 Å². The van der Waals surface area contributed by atoms with Crippen molar-refractivity contribution in [2.75, 3.05) is 13.2 Å². The smallest absolute Gasteiger partial charge is 0.249 e. The van der Waals surface area contributed by atoms with Crippen LogP contribution in [0.1, 0.15) is 52.5 Å². The molecule has 0 radical (unpaired) electrons. The number of Topliss-reactive ketones (excluding diaryl/α,β-unsaturated/α-hetero) is 1. The zero-order chi connectivity index (χ0) is 19.2. The molecule has 1 N–H and O–H groups in total. The number of benzene rings is 1. The monoisotopic (exact) mass is 361 g/mol. The number of hydrogen-bond acceptors (Lipinski definition) is 4. The van der Waals surface area contributed by atoms with Crippen LogP contribution in [-0.4, -0.2) is 36.7 Å². The van der Waals surface area contributed by atoms with Crippen molar-refractivity contribution >= 4 is 11.7 Å². The normalized spacial score (nSPS) is 21.2. The highest BCUT2D eigenvalue weighted by Crippen LogP contribution is 2.34. The third-order valence-corrected chi connectivity index (χ3v) is 4.61. The molecule has 1 aliphatic heterocycles. The molecule has 1 saturated heterocycles. The van der Waals surface area contributed by atoms with Crippen LogP contribution in [0.15, 0.2) is 30.3 Å². The lowest BCUT2D eigenvalue weighted by atomic mass is 9.85. The number of rotatable bonds is 8. The van der Waals surface area contributed by atoms with Gasteiger partial charge in [0.15, 0.2) is 5.79 Å². The molecule has 26 heavy (non-hydrogen) atoms. The third kappa shape index (κ3) is 6.22. The molecule has 5 heteroatoms. The number of carbonyl (C=O) groups is 2. The number of nitrogens with one attached hydrogen (secondary N) is 1. The summed E-state index contributed by atoms with van der Waals surface area (Å²) < 4.78 is 11.4. The second kappa shape index (κ2) is 8.78. The minimum Gasteiger partial charge on any atom is -0.353 e. The zero-order valence-electron chi connectivity index (χ0n) is 16.3. The molecular formula is C21H31NO4. The van der Waals surface area contributed by atoms with Gasteiger partial charge in [-0.15, -0.1) is 0 Å². The lowest BCUT2D eigenvalue weighted by Crippen LogP contribution is -2.56.